The number of benzene rings is 1. The summed E-state index contributed by atoms with van der Waals surface area (Å²) in [5, 5.41) is 18.0. The maximum atomic E-state index is 10.9. The van der Waals surface area contributed by atoms with Crippen LogP contribution in [0, 0.1) is 18.8 Å². The Bertz CT molecular complexity index is 658. The third-order valence-electron chi connectivity index (χ3n) is 4.14. The molecule has 0 amide bonds. The van der Waals surface area contributed by atoms with E-state index in [0.29, 0.717) is 11.6 Å². The molecule has 0 radical (unpaired) electrons. The molecule has 1 aliphatic rings. The fraction of sp³-hybridized carbons (Fsp3) is 0.368. The van der Waals surface area contributed by atoms with Crippen LogP contribution < -0.4 is 0 Å². The van der Waals surface area contributed by atoms with Crippen LogP contribution in [0.1, 0.15) is 24.5 Å². The monoisotopic (exact) mass is 313 g/mol. The number of aliphatic hydroxyl groups is 1. The van der Waals surface area contributed by atoms with Gasteiger partial charge in [-0.05, 0) is 37.3 Å². The lowest BCUT2D eigenvalue weighted by Crippen LogP contribution is -2.16. The Labute approximate surface area is 136 Å². The maximum Gasteiger partial charge on any atom is 0.333 e. The molecule has 0 aliphatic carbocycles. The lowest BCUT2D eigenvalue weighted by atomic mass is 9.87. The van der Waals surface area contributed by atoms with Crippen molar-refractivity contribution in [1.82, 2.24) is 0 Å². The van der Waals surface area contributed by atoms with Crippen LogP contribution >= 0.6 is 0 Å². The molecular weight excluding hydrogens is 290 g/mol. The number of aliphatic hydroxyl groups excluding tert-OH is 1. The number of aliphatic imine (C=N–C) groups is 1. The molecule has 23 heavy (non-hydrogen) atoms. The smallest absolute Gasteiger partial charge is 0.333 e. The zero-order chi connectivity index (χ0) is 16.8. The lowest BCUT2D eigenvalue weighted by Gasteiger charge is -2.21. The van der Waals surface area contributed by atoms with E-state index in [-0.39, 0.29) is 11.5 Å². The van der Waals surface area contributed by atoms with Gasteiger partial charge < -0.3 is 10.2 Å². The molecule has 2 atom stereocenters. The van der Waals surface area contributed by atoms with E-state index in [0.717, 1.165) is 12.8 Å². The number of hydrogen-bond acceptors (Lipinski definition) is 3. The van der Waals surface area contributed by atoms with Gasteiger partial charge in [-0.3, -0.25) is 4.99 Å². The van der Waals surface area contributed by atoms with Crippen LogP contribution in [0.3, 0.4) is 0 Å². The number of allylic oxidation sites excluding steroid dienone is 2. The fourth-order valence-corrected chi connectivity index (χ4v) is 2.73. The average Bonchev–Trinajstić information content (AvgIpc) is 2.51. The Morgan fingerprint density at radius 1 is 1.39 bits per heavy atom. The Balaban J connectivity index is 1.99. The molecule has 0 saturated carbocycles. The average molecular weight is 313 g/mol. The predicted octanol–water partition coefficient (Wildman–Crippen LogP) is 3.15. The number of carboxylic acid groups (broad SMARTS) is 1. The van der Waals surface area contributed by atoms with Gasteiger partial charge in [0.2, 0.25) is 0 Å². The second-order valence-corrected chi connectivity index (χ2v) is 6.05. The summed E-state index contributed by atoms with van der Waals surface area (Å²) < 4.78 is 0. The minimum Gasteiger partial charge on any atom is -0.478 e. The van der Waals surface area contributed by atoms with Gasteiger partial charge >= 0.3 is 5.97 Å². The number of carbonyl (C=O) groups is 1. The second-order valence-electron chi connectivity index (χ2n) is 6.05. The molecule has 0 spiro atoms. The molecule has 122 valence electrons. The van der Waals surface area contributed by atoms with Crippen molar-refractivity contribution in [2.24, 2.45) is 16.8 Å². The van der Waals surface area contributed by atoms with Gasteiger partial charge in [-0.15, -0.1) is 0 Å². The summed E-state index contributed by atoms with van der Waals surface area (Å²) in [4.78, 5) is 15.3. The Morgan fingerprint density at radius 3 is 2.78 bits per heavy atom. The highest BCUT2D eigenvalue weighted by Gasteiger charge is 2.18. The minimum atomic E-state index is -1.11. The Kier molecular flexibility index (Phi) is 5.88. The van der Waals surface area contributed by atoms with Crippen LogP contribution in [0.4, 0.5) is 0 Å². The van der Waals surface area contributed by atoms with Crippen LogP contribution in [-0.2, 0) is 11.2 Å². The van der Waals surface area contributed by atoms with Gasteiger partial charge in [-0.2, -0.15) is 0 Å². The van der Waals surface area contributed by atoms with Crippen LogP contribution in [0.25, 0.3) is 0 Å². The van der Waals surface area contributed by atoms with Crippen molar-refractivity contribution in [1.29, 1.82) is 0 Å². The molecule has 2 unspecified atom stereocenters. The third-order valence-corrected chi connectivity index (χ3v) is 4.14. The van der Waals surface area contributed by atoms with E-state index in [1.165, 1.54) is 17.2 Å². The SMILES string of the molecule is Cc1cccc(CCC2C=NC(/C=C(\CO)C(=O)O)=CC2C)c1. The zero-order valence-corrected chi connectivity index (χ0v) is 13.6. The van der Waals surface area contributed by atoms with Crippen molar-refractivity contribution in [3.63, 3.8) is 0 Å². The van der Waals surface area contributed by atoms with Gasteiger partial charge in [0.05, 0.1) is 17.9 Å². The number of rotatable bonds is 6. The molecule has 0 saturated heterocycles. The number of aliphatic carboxylic acids is 1. The normalized spacial score (nSPS) is 21.2. The molecule has 0 aromatic heterocycles. The molecule has 1 aromatic rings. The molecule has 2 rings (SSSR count). The molecule has 2 N–H and O–H groups in total. The predicted molar refractivity (Wildman–Crippen MR) is 91.5 cm³/mol. The van der Waals surface area contributed by atoms with E-state index in [1.54, 1.807) is 0 Å². The first-order valence-corrected chi connectivity index (χ1v) is 7.86. The van der Waals surface area contributed by atoms with Crippen molar-refractivity contribution in [2.75, 3.05) is 6.61 Å². The molecule has 4 nitrogen and oxygen atoms in total. The highest BCUT2D eigenvalue weighted by atomic mass is 16.4. The fourth-order valence-electron chi connectivity index (χ4n) is 2.73. The summed E-state index contributed by atoms with van der Waals surface area (Å²) in [5.41, 5.74) is 3.16. The van der Waals surface area contributed by atoms with E-state index in [1.807, 2.05) is 12.3 Å². The maximum absolute atomic E-state index is 10.9. The van der Waals surface area contributed by atoms with Crippen LogP contribution in [-0.4, -0.2) is 29.0 Å². The summed E-state index contributed by atoms with van der Waals surface area (Å²) in [6, 6.07) is 8.52. The molecule has 1 heterocycles. The summed E-state index contributed by atoms with van der Waals surface area (Å²) in [5.74, 6) is -0.481. The first-order chi connectivity index (χ1) is 11.0. The number of aryl methyl sites for hydroxylation is 2. The minimum absolute atomic E-state index is 0.0428. The topological polar surface area (TPSA) is 69.9 Å². The van der Waals surface area contributed by atoms with E-state index in [9.17, 15) is 4.79 Å². The molecule has 1 aliphatic heterocycles. The van der Waals surface area contributed by atoms with Crippen molar-refractivity contribution in [3.8, 4) is 0 Å². The summed E-state index contributed by atoms with van der Waals surface area (Å²) >= 11 is 0. The Morgan fingerprint density at radius 2 is 2.17 bits per heavy atom. The van der Waals surface area contributed by atoms with Crippen molar-refractivity contribution < 1.29 is 15.0 Å². The summed E-state index contributed by atoms with van der Waals surface area (Å²) in [6.45, 7) is 3.71. The molecule has 4 heteroatoms. The van der Waals surface area contributed by atoms with Crippen molar-refractivity contribution in [3.05, 3.63) is 58.8 Å². The first-order valence-electron chi connectivity index (χ1n) is 7.86. The van der Waals surface area contributed by atoms with Gasteiger partial charge in [0.15, 0.2) is 0 Å². The Hall–Kier alpha value is -2.20. The summed E-state index contributed by atoms with van der Waals surface area (Å²) in [7, 11) is 0. The van der Waals surface area contributed by atoms with E-state index in [4.69, 9.17) is 10.2 Å². The van der Waals surface area contributed by atoms with E-state index >= 15 is 0 Å². The van der Waals surface area contributed by atoms with Gasteiger partial charge in [-0.1, -0.05) is 42.8 Å². The third kappa shape index (κ3) is 4.89. The van der Waals surface area contributed by atoms with Crippen molar-refractivity contribution >= 4 is 12.2 Å². The number of hydrogen-bond donors (Lipinski definition) is 2. The molecular formula is C19H23NO3. The largest absolute Gasteiger partial charge is 0.478 e. The van der Waals surface area contributed by atoms with E-state index in [2.05, 4.69) is 43.1 Å². The highest BCUT2D eigenvalue weighted by Crippen LogP contribution is 2.25. The van der Waals surface area contributed by atoms with Crippen LogP contribution in [0.2, 0.25) is 0 Å². The van der Waals surface area contributed by atoms with Gasteiger partial charge in [0.25, 0.3) is 0 Å². The highest BCUT2D eigenvalue weighted by molar-refractivity contribution is 5.87. The van der Waals surface area contributed by atoms with Gasteiger partial charge in [0.1, 0.15) is 0 Å². The van der Waals surface area contributed by atoms with Crippen molar-refractivity contribution in [2.45, 2.75) is 26.7 Å². The quantitative estimate of drug-likeness (QED) is 0.793. The first kappa shape index (κ1) is 17.2. The molecule has 0 fully saturated rings. The van der Waals surface area contributed by atoms with Gasteiger partial charge in [0, 0.05) is 12.1 Å². The van der Waals surface area contributed by atoms with Gasteiger partial charge in [-0.25, -0.2) is 4.79 Å². The standard InChI is InChI=1S/C19H23NO3/c1-13-4-3-5-15(8-13)6-7-16-11-20-18(9-14(16)2)10-17(12-21)19(22)23/h3-5,8-11,14,16,21H,6-7,12H2,1-2H3,(H,22,23)/b17-10+. The van der Waals surface area contributed by atoms with Crippen LogP contribution in [0.15, 0.2) is 52.7 Å². The summed E-state index contributed by atoms with van der Waals surface area (Å²) in [6.07, 6.45) is 7.32. The zero-order valence-electron chi connectivity index (χ0n) is 13.6. The molecule has 0 bridgehead atoms. The molecule has 1 aromatic carbocycles. The number of nitrogens with zero attached hydrogens (tertiary/aromatic N) is 1. The second kappa shape index (κ2) is 7.88. The lowest BCUT2D eigenvalue weighted by molar-refractivity contribution is -0.133. The van der Waals surface area contributed by atoms with Crippen LogP contribution in [0.5, 0.6) is 0 Å². The van der Waals surface area contributed by atoms with E-state index < -0.39 is 12.6 Å². The number of carboxylic acids is 1.